The van der Waals surface area contributed by atoms with E-state index in [0.29, 0.717) is 0 Å². The minimum atomic E-state index is -0.514. The number of alkyl halides is 2. The second-order valence-corrected chi connectivity index (χ2v) is 7.57. The number of carbonyl (C=O) groups is 2. The molecule has 1 amide bonds. The normalized spacial score (nSPS) is 35.6. The predicted molar refractivity (Wildman–Crippen MR) is 70.7 cm³/mol. The first kappa shape index (κ1) is 12.8. The molecule has 2 fully saturated rings. The number of ether oxygens (including phenoxy) is 1. The molecule has 90 valence electrons. The molecule has 4 nitrogen and oxygen atoms in total. The molecule has 0 aromatic heterocycles. The van der Waals surface area contributed by atoms with Crippen LogP contribution in [-0.2, 0) is 14.3 Å². The maximum Gasteiger partial charge on any atom is 0.331 e. The van der Waals surface area contributed by atoms with Crippen LogP contribution in [-0.4, -0.2) is 42.9 Å². The van der Waals surface area contributed by atoms with Crippen molar-refractivity contribution in [3.05, 3.63) is 0 Å². The van der Waals surface area contributed by atoms with Crippen LogP contribution in [0.4, 0.5) is 0 Å². The van der Waals surface area contributed by atoms with Crippen molar-refractivity contribution in [1.82, 2.24) is 4.90 Å². The van der Waals surface area contributed by atoms with Crippen molar-refractivity contribution in [1.29, 1.82) is 0 Å². The third-order valence-electron chi connectivity index (χ3n) is 2.80. The zero-order chi connectivity index (χ0) is 12.1. The van der Waals surface area contributed by atoms with Gasteiger partial charge >= 0.3 is 5.97 Å². The zero-order valence-electron chi connectivity index (χ0n) is 8.78. The molecule has 0 saturated carbocycles. The molecular weight excluding hydrogens is 365 g/mol. The molecule has 2 aliphatic heterocycles. The molecule has 2 rings (SSSR count). The summed E-state index contributed by atoms with van der Waals surface area (Å²) in [5.74, 6) is -0.396. The van der Waals surface area contributed by atoms with Gasteiger partial charge in [-0.1, -0.05) is 34.2 Å². The van der Waals surface area contributed by atoms with Gasteiger partial charge in [-0.3, -0.25) is 4.79 Å². The molecular formula is C9H11ClINO3S. The van der Waals surface area contributed by atoms with Crippen molar-refractivity contribution in [3.63, 3.8) is 0 Å². The Labute approximate surface area is 117 Å². The van der Waals surface area contributed by atoms with Crippen LogP contribution in [0, 0.1) is 0 Å². The first-order valence-electron chi connectivity index (χ1n) is 4.77. The van der Waals surface area contributed by atoms with Gasteiger partial charge in [0.1, 0.15) is 15.3 Å². The maximum atomic E-state index is 11.8. The van der Waals surface area contributed by atoms with E-state index >= 15 is 0 Å². The van der Waals surface area contributed by atoms with Gasteiger partial charge in [0.2, 0.25) is 5.91 Å². The van der Waals surface area contributed by atoms with Gasteiger partial charge in [-0.25, -0.2) is 4.79 Å². The molecule has 0 spiro atoms. The molecule has 7 heteroatoms. The van der Waals surface area contributed by atoms with E-state index in [9.17, 15) is 9.59 Å². The number of nitrogens with zero attached hydrogens (tertiary/aromatic N) is 1. The average molecular weight is 376 g/mol. The summed E-state index contributed by atoms with van der Waals surface area (Å²) in [6.07, 6.45) is 0. The minimum absolute atomic E-state index is 0.0141. The van der Waals surface area contributed by atoms with E-state index in [-0.39, 0.29) is 26.0 Å². The summed E-state index contributed by atoms with van der Waals surface area (Å²) in [5.41, 5.74) is 0. The van der Waals surface area contributed by atoms with Crippen LogP contribution < -0.4 is 0 Å². The van der Waals surface area contributed by atoms with Crippen LogP contribution in [0.5, 0.6) is 0 Å². The second kappa shape index (κ2) is 4.20. The van der Waals surface area contributed by atoms with E-state index in [1.807, 2.05) is 13.8 Å². The quantitative estimate of drug-likeness (QED) is 0.318. The Bertz CT molecular complexity index is 352. The molecule has 16 heavy (non-hydrogen) atoms. The summed E-state index contributed by atoms with van der Waals surface area (Å²) >= 11 is 9.14. The number of fused-ring (bicyclic) bond motifs is 1. The second-order valence-electron chi connectivity index (χ2n) is 4.23. The third-order valence-corrected chi connectivity index (χ3v) is 6.18. The summed E-state index contributed by atoms with van der Waals surface area (Å²) in [6.45, 7) is 3.90. The number of hydrogen-bond donors (Lipinski definition) is 0. The SMILES string of the molecule is CC1(C)S[C@@H]2[C@H](I)C(=O)N2[C@H]1C(=O)OCCl. The van der Waals surface area contributed by atoms with E-state index < -0.39 is 12.0 Å². The van der Waals surface area contributed by atoms with Gasteiger partial charge in [-0.15, -0.1) is 11.8 Å². The Balaban J connectivity index is 2.22. The fraction of sp³-hybridized carbons (Fsp3) is 0.778. The monoisotopic (exact) mass is 375 g/mol. The lowest BCUT2D eigenvalue weighted by molar-refractivity contribution is -0.158. The standard InChI is InChI=1S/C9H11ClINO3S/c1-9(2)5(8(14)15-3-10)12-6(13)4(11)7(12)16-9/h4-5,7H,3H2,1-2H3/t4-,5+,7-/m1/s1. The topological polar surface area (TPSA) is 46.6 Å². The Hall–Kier alpha value is 0.310. The zero-order valence-corrected chi connectivity index (χ0v) is 12.5. The van der Waals surface area contributed by atoms with Gasteiger partial charge in [0.25, 0.3) is 0 Å². The number of halogens is 2. The average Bonchev–Trinajstić information content (AvgIpc) is 2.47. The lowest BCUT2D eigenvalue weighted by Gasteiger charge is -2.41. The molecule has 0 aliphatic carbocycles. The Morgan fingerprint density at radius 3 is 2.88 bits per heavy atom. The third kappa shape index (κ3) is 1.73. The van der Waals surface area contributed by atoms with Gasteiger partial charge in [-0.2, -0.15) is 0 Å². The molecule has 0 bridgehead atoms. The van der Waals surface area contributed by atoms with Crippen molar-refractivity contribution < 1.29 is 14.3 Å². The fourth-order valence-corrected chi connectivity index (χ4v) is 4.83. The number of thioether (sulfide) groups is 1. The van der Waals surface area contributed by atoms with Crippen LogP contribution in [0.15, 0.2) is 0 Å². The molecule has 2 saturated heterocycles. The largest absolute Gasteiger partial charge is 0.448 e. The number of rotatable bonds is 2. The Morgan fingerprint density at radius 2 is 2.31 bits per heavy atom. The smallest absolute Gasteiger partial charge is 0.331 e. The summed E-state index contributed by atoms with van der Waals surface area (Å²) in [5, 5.41) is 0.0935. The van der Waals surface area contributed by atoms with Crippen LogP contribution >= 0.6 is 46.0 Å². The van der Waals surface area contributed by atoms with Crippen molar-refractivity contribution in [2.75, 3.05) is 6.07 Å². The van der Waals surface area contributed by atoms with E-state index in [2.05, 4.69) is 22.6 Å². The molecule has 3 atom stereocenters. The molecule has 0 radical (unpaired) electrons. The number of esters is 1. The van der Waals surface area contributed by atoms with Gasteiger partial charge in [-0.05, 0) is 13.8 Å². The minimum Gasteiger partial charge on any atom is -0.448 e. The lowest BCUT2D eigenvalue weighted by Crippen LogP contribution is -2.63. The van der Waals surface area contributed by atoms with E-state index in [1.54, 1.807) is 16.7 Å². The predicted octanol–water partition coefficient (Wildman–Crippen LogP) is 1.59. The fourth-order valence-electron chi connectivity index (χ4n) is 2.08. The highest BCUT2D eigenvalue weighted by atomic mass is 127. The molecule has 0 aromatic carbocycles. The number of β-lactam (4-membered cyclic amide) rings is 1. The van der Waals surface area contributed by atoms with Gasteiger partial charge < -0.3 is 9.64 Å². The first-order chi connectivity index (χ1) is 7.40. The van der Waals surface area contributed by atoms with Crippen LogP contribution in [0.2, 0.25) is 0 Å². The van der Waals surface area contributed by atoms with Crippen LogP contribution in [0.25, 0.3) is 0 Å². The summed E-state index contributed by atoms with van der Waals surface area (Å²) < 4.78 is 4.47. The van der Waals surface area contributed by atoms with Gasteiger partial charge in [0.05, 0.1) is 0 Å². The first-order valence-corrected chi connectivity index (χ1v) is 7.43. The molecule has 0 N–H and O–H groups in total. The lowest BCUT2D eigenvalue weighted by atomic mass is 9.98. The molecule has 0 unspecified atom stereocenters. The van der Waals surface area contributed by atoms with Crippen LogP contribution in [0.3, 0.4) is 0 Å². The molecule has 0 aromatic rings. The van der Waals surface area contributed by atoms with Crippen LogP contribution in [0.1, 0.15) is 13.8 Å². The van der Waals surface area contributed by atoms with Gasteiger partial charge in [0.15, 0.2) is 6.07 Å². The number of hydrogen-bond acceptors (Lipinski definition) is 4. The Morgan fingerprint density at radius 1 is 1.69 bits per heavy atom. The number of carbonyl (C=O) groups excluding carboxylic acids is 2. The highest BCUT2D eigenvalue weighted by Crippen LogP contribution is 2.53. The van der Waals surface area contributed by atoms with Crippen molar-refractivity contribution in [2.45, 2.75) is 33.9 Å². The summed E-state index contributed by atoms with van der Waals surface area (Å²) in [6, 6.07) is -0.684. The van der Waals surface area contributed by atoms with Crippen molar-refractivity contribution in [3.8, 4) is 0 Å². The van der Waals surface area contributed by atoms with E-state index in [4.69, 9.17) is 16.3 Å². The van der Waals surface area contributed by atoms with Crippen molar-refractivity contribution >= 4 is 57.8 Å². The summed E-state index contributed by atoms with van der Waals surface area (Å²) in [7, 11) is 0. The highest BCUT2D eigenvalue weighted by Gasteiger charge is 2.63. The van der Waals surface area contributed by atoms with Gasteiger partial charge in [0, 0.05) is 4.75 Å². The Kier molecular flexibility index (Phi) is 3.35. The molecule has 2 aliphatic rings. The summed E-state index contributed by atoms with van der Waals surface area (Å²) in [4.78, 5) is 25.1. The van der Waals surface area contributed by atoms with E-state index in [0.717, 1.165) is 0 Å². The van der Waals surface area contributed by atoms with E-state index in [1.165, 1.54) is 0 Å². The van der Waals surface area contributed by atoms with Crippen molar-refractivity contribution in [2.24, 2.45) is 0 Å². The molecule has 2 heterocycles. The maximum absolute atomic E-state index is 11.8. The number of amides is 1. The highest BCUT2D eigenvalue weighted by molar-refractivity contribution is 14.1.